The Morgan fingerprint density at radius 3 is 3.17 bits per heavy atom. The van der Waals surface area contributed by atoms with Crippen LogP contribution in [-0.4, -0.2) is 15.8 Å². The van der Waals surface area contributed by atoms with Gasteiger partial charge >= 0.3 is 0 Å². The van der Waals surface area contributed by atoms with Crippen molar-refractivity contribution in [2.75, 3.05) is 0 Å². The number of aryl methyl sites for hydroxylation is 1. The molecule has 0 bridgehead atoms. The second-order valence-corrected chi connectivity index (χ2v) is 3.29. The summed E-state index contributed by atoms with van der Waals surface area (Å²) in [5.41, 5.74) is 1.30. The monoisotopic (exact) mass is 165 g/mol. The molecule has 0 radical (unpaired) electrons. The third kappa shape index (κ3) is 1.67. The molecule has 1 saturated carbocycles. The summed E-state index contributed by atoms with van der Waals surface area (Å²) in [6.07, 6.45) is 4.56. The molecule has 1 fully saturated rings. The van der Waals surface area contributed by atoms with E-state index in [2.05, 4.69) is 23.4 Å². The molecule has 0 atom stereocenters. The second kappa shape index (κ2) is 3.27. The van der Waals surface area contributed by atoms with Gasteiger partial charge in [-0.25, -0.2) is 0 Å². The highest BCUT2D eigenvalue weighted by Crippen LogP contribution is 2.19. The fourth-order valence-electron chi connectivity index (χ4n) is 1.33. The van der Waals surface area contributed by atoms with E-state index >= 15 is 0 Å². The lowest BCUT2D eigenvalue weighted by atomic mass is 10.4. The van der Waals surface area contributed by atoms with Gasteiger partial charge in [-0.05, 0) is 25.8 Å². The summed E-state index contributed by atoms with van der Waals surface area (Å²) in [5, 5.41) is 7.68. The van der Waals surface area contributed by atoms with Crippen molar-refractivity contribution in [2.24, 2.45) is 0 Å². The molecule has 0 amide bonds. The Bertz CT molecular complexity index is 250. The normalized spacial score (nSPS) is 16.8. The molecule has 1 heterocycles. The molecule has 0 unspecified atom stereocenters. The van der Waals surface area contributed by atoms with Crippen molar-refractivity contribution in [3.05, 3.63) is 18.0 Å². The van der Waals surface area contributed by atoms with Crippen LogP contribution in [0.2, 0.25) is 0 Å². The van der Waals surface area contributed by atoms with Gasteiger partial charge in [0.05, 0.1) is 5.69 Å². The average molecular weight is 165 g/mol. The van der Waals surface area contributed by atoms with Crippen LogP contribution in [0.25, 0.3) is 0 Å². The number of hydrogen-bond acceptors (Lipinski definition) is 2. The Hall–Kier alpha value is -0.830. The minimum Gasteiger partial charge on any atom is -0.308 e. The van der Waals surface area contributed by atoms with Gasteiger partial charge in [0.25, 0.3) is 0 Å². The Balaban J connectivity index is 1.91. The molecular formula is C9H15N3. The fourth-order valence-corrected chi connectivity index (χ4v) is 1.33. The van der Waals surface area contributed by atoms with Crippen molar-refractivity contribution in [3.8, 4) is 0 Å². The highest BCUT2D eigenvalue weighted by Gasteiger charge is 2.20. The van der Waals surface area contributed by atoms with Gasteiger partial charge < -0.3 is 5.32 Å². The maximum absolute atomic E-state index is 4.21. The van der Waals surface area contributed by atoms with Crippen molar-refractivity contribution in [3.63, 3.8) is 0 Å². The van der Waals surface area contributed by atoms with Gasteiger partial charge in [-0.1, -0.05) is 0 Å². The third-order valence-corrected chi connectivity index (χ3v) is 2.25. The van der Waals surface area contributed by atoms with Gasteiger partial charge in [-0.15, -0.1) is 0 Å². The highest BCUT2D eigenvalue weighted by atomic mass is 15.3. The molecule has 1 aliphatic rings. The van der Waals surface area contributed by atoms with E-state index in [-0.39, 0.29) is 0 Å². The minimum atomic E-state index is 0.783. The van der Waals surface area contributed by atoms with Crippen LogP contribution in [0.1, 0.15) is 25.5 Å². The van der Waals surface area contributed by atoms with Crippen LogP contribution in [0.3, 0.4) is 0 Å². The first kappa shape index (κ1) is 7.80. The molecule has 3 nitrogen and oxygen atoms in total. The van der Waals surface area contributed by atoms with Gasteiger partial charge in [0.1, 0.15) is 0 Å². The largest absolute Gasteiger partial charge is 0.308 e. The number of hydrogen-bond donors (Lipinski definition) is 1. The molecule has 66 valence electrons. The zero-order valence-electron chi connectivity index (χ0n) is 7.45. The summed E-state index contributed by atoms with van der Waals surface area (Å²) in [4.78, 5) is 0. The fraction of sp³-hybridized carbons (Fsp3) is 0.667. The smallest absolute Gasteiger partial charge is 0.0522 e. The number of nitrogens with zero attached hydrogens (tertiary/aromatic N) is 2. The topological polar surface area (TPSA) is 29.9 Å². The van der Waals surface area contributed by atoms with Crippen LogP contribution in [0.5, 0.6) is 0 Å². The summed E-state index contributed by atoms with van der Waals surface area (Å²) in [5.74, 6) is 0. The summed E-state index contributed by atoms with van der Waals surface area (Å²) >= 11 is 0. The van der Waals surface area contributed by atoms with Crippen molar-refractivity contribution in [1.82, 2.24) is 15.1 Å². The van der Waals surface area contributed by atoms with Gasteiger partial charge in [-0.3, -0.25) is 4.68 Å². The van der Waals surface area contributed by atoms with E-state index in [0.717, 1.165) is 19.1 Å². The quantitative estimate of drug-likeness (QED) is 0.725. The first-order valence-corrected chi connectivity index (χ1v) is 4.64. The SMILES string of the molecule is CCn1nccc1CNC1CC1. The van der Waals surface area contributed by atoms with E-state index in [4.69, 9.17) is 0 Å². The summed E-state index contributed by atoms with van der Waals surface area (Å²) < 4.78 is 2.04. The molecule has 2 rings (SSSR count). The van der Waals surface area contributed by atoms with Gasteiger partial charge in [-0.2, -0.15) is 5.10 Å². The van der Waals surface area contributed by atoms with Crippen molar-refractivity contribution < 1.29 is 0 Å². The standard InChI is InChI=1S/C9H15N3/c1-2-12-9(5-6-11-12)7-10-8-3-4-8/h5-6,8,10H,2-4,7H2,1H3. The van der Waals surface area contributed by atoms with E-state index in [0.29, 0.717) is 0 Å². The van der Waals surface area contributed by atoms with Crippen LogP contribution in [0, 0.1) is 0 Å². The van der Waals surface area contributed by atoms with Crippen molar-refractivity contribution >= 4 is 0 Å². The van der Waals surface area contributed by atoms with Gasteiger partial charge in [0.2, 0.25) is 0 Å². The molecule has 1 aromatic rings. The molecule has 0 saturated heterocycles. The summed E-state index contributed by atoms with van der Waals surface area (Å²) in [6.45, 7) is 4.06. The maximum atomic E-state index is 4.21. The second-order valence-electron chi connectivity index (χ2n) is 3.29. The van der Waals surface area contributed by atoms with E-state index < -0.39 is 0 Å². The lowest BCUT2D eigenvalue weighted by Gasteiger charge is -2.04. The Morgan fingerprint density at radius 2 is 2.50 bits per heavy atom. The van der Waals surface area contributed by atoms with E-state index in [1.165, 1.54) is 18.5 Å². The third-order valence-electron chi connectivity index (χ3n) is 2.25. The zero-order chi connectivity index (χ0) is 8.39. The van der Waals surface area contributed by atoms with Crippen LogP contribution in [-0.2, 0) is 13.1 Å². The first-order chi connectivity index (χ1) is 5.90. The molecule has 1 aromatic heterocycles. The number of nitrogens with one attached hydrogen (secondary N) is 1. The number of rotatable bonds is 4. The Kier molecular flexibility index (Phi) is 2.13. The molecule has 0 aromatic carbocycles. The minimum absolute atomic E-state index is 0.783. The maximum Gasteiger partial charge on any atom is 0.0522 e. The predicted molar refractivity (Wildman–Crippen MR) is 47.8 cm³/mol. The molecule has 0 spiro atoms. The van der Waals surface area contributed by atoms with Crippen LogP contribution >= 0.6 is 0 Å². The van der Waals surface area contributed by atoms with Gasteiger partial charge in [0.15, 0.2) is 0 Å². The van der Waals surface area contributed by atoms with Crippen LogP contribution < -0.4 is 5.32 Å². The lowest BCUT2D eigenvalue weighted by molar-refractivity contribution is 0.580. The lowest BCUT2D eigenvalue weighted by Crippen LogP contribution is -2.18. The summed E-state index contributed by atoms with van der Waals surface area (Å²) in [6, 6.07) is 2.86. The molecule has 0 aliphatic heterocycles. The average Bonchev–Trinajstić information content (AvgIpc) is 2.81. The number of aromatic nitrogens is 2. The van der Waals surface area contributed by atoms with Crippen LogP contribution in [0.15, 0.2) is 12.3 Å². The highest BCUT2D eigenvalue weighted by molar-refractivity contribution is 5.01. The molecule has 1 N–H and O–H groups in total. The van der Waals surface area contributed by atoms with Crippen molar-refractivity contribution in [2.45, 2.75) is 38.9 Å². The predicted octanol–water partition coefficient (Wildman–Crippen LogP) is 1.15. The molecule has 12 heavy (non-hydrogen) atoms. The Morgan fingerprint density at radius 1 is 1.67 bits per heavy atom. The summed E-state index contributed by atoms with van der Waals surface area (Å²) in [7, 11) is 0. The van der Waals surface area contributed by atoms with Crippen molar-refractivity contribution in [1.29, 1.82) is 0 Å². The van der Waals surface area contributed by atoms with E-state index in [1.54, 1.807) is 0 Å². The van der Waals surface area contributed by atoms with Gasteiger partial charge in [0, 0.05) is 25.3 Å². The van der Waals surface area contributed by atoms with E-state index in [1.807, 2.05) is 10.9 Å². The first-order valence-electron chi connectivity index (χ1n) is 4.64. The molecular weight excluding hydrogens is 150 g/mol. The molecule has 1 aliphatic carbocycles. The Labute approximate surface area is 72.8 Å². The van der Waals surface area contributed by atoms with Crippen LogP contribution in [0.4, 0.5) is 0 Å². The molecule has 3 heteroatoms. The zero-order valence-corrected chi connectivity index (χ0v) is 7.45. The van der Waals surface area contributed by atoms with E-state index in [9.17, 15) is 0 Å².